The molecule has 0 atom stereocenters. The minimum atomic E-state index is -0.156. The van der Waals surface area contributed by atoms with Crippen molar-refractivity contribution in [1.82, 2.24) is 4.57 Å². The highest BCUT2D eigenvalue weighted by Crippen LogP contribution is 2.24. The van der Waals surface area contributed by atoms with E-state index in [9.17, 15) is 9.59 Å². The Morgan fingerprint density at radius 1 is 0.966 bits per heavy atom. The van der Waals surface area contributed by atoms with Crippen LogP contribution < -0.4 is 10.1 Å². The first-order valence-electron chi connectivity index (χ1n) is 9.56. The SMILES string of the molecule is CC(=O)Nc1cccc(OCC(=O)c2cc(C)n(-c3ccc(C)c(C)c3)c2C)c1. The van der Waals surface area contributed by atoms with Crippen LogP contribution in [0.1, 0.15) is 39.8 Å². The minimum Gasteiger partial charge on any atom is -0.485 e. The summed E-state index contributed by atoms with van der Waals surface area (Å²) in [5.74, 6) is 0.294. The van der Waals surface area contributed by atoms with Crippen molar-refractivity contribution in [2.45, 2.75) is 34.6 Å². The van der Waals surface area contributed by atoms with Gasteiger partial charge >= 0.3 is 0 Å². The second kappa shape index (κ2) is 8.35. The van der Waals surface area contributed by atoms with Gasteiger partial charge in [0.05, 0.1) is 0 Å². The molecule has 1 amide bonds. The lowest BCUT2D eigenvalue weighted by Crippen LogP contribution is -2.13. The van der Waals surface area contributed by atoms with Crippen LogP contribution in [0.15, 0.2) is 48.5 Å². The van der Waals surface area contributed by atoms with Gasteiger partial charge in [-0.25, -0.2) is 0 Å². The molecule has 0 spiro atoms. The van der Waals surface area contributed by atoms with E-state index in [4.69, 9.17) is 4.74 Å². The molecule has 1 N–H and O–H groups in total. The smallest absolute Gasteiger partial charge is 0.221 e. The van der Waals surface area contributed by atoms with E-state index in [-0.39, 0.29) is 18.3 Å². The number of aromatic nitrogens is 1. The molecule has 0 aliphatic carbocycles. The summed E-state index contributed by atoms with van der Waals surface area (Å²) < 4.78 is 7.77. The quantitative estimate of drug-likeness (QED) is 0.607. The van der Waals surface area contributed by atoms with Gasteiger partial charge in [-0.2, -0.15) is 0 Å². The third-order valence-corrected chi connectivity index (χ3v) is 5.00. The van der Waals surface area contributed by atoms with E-state index in [1.165, 1.54) is 18.1 Å². The second-order valence-corrected chi connectivity index (χ2v) is 7.31. The molecule has 0 unspecified atom stereocenters. The average molecular weight is 390 g/mol. The molecule has 0 saturated heterocycles. The molecule has 1 aromatic heterocycles. The summed E-state index contributed by atoms with van der Waals surface area (Å²) in [6, 6.07) is 15.2. The molecule has 0 aliphatic heterocycles. The Kier molecular flexibility index (Phi) is 5.87. The van der Waals surface area contributed by atoms with Crippen molar-refractivity contribution in [1.29, 1.82) is 0 Å². The van der Waals surface area contributed by atoms with Gasteiger partial charge in [-0.15, -0.1) is 0 Å². The molecule has 3 rings (SSSR count). The number of ether oxygens (including phenoxy) is 1. The van der Waals surface area contributed by atoms with Gasteiger partial charge < -0.3 is 14.6 Å². The molecule has 0 radical (unpaired) electrons. The number of nitrogens with zero attached hydrogens (tertiary/aromatic N) is 1. The number of nitrogens with one attached hydrogen (secondary N) is 1. The summed E-state index contributed by atoms with van der Waals surface area (Å²) in [5, 5.41) is 2.70. The predicted molar refractivity (Wildman–Crippen MR) is 115 cm³/mol. The van der Waals surface area contributed by atoms with Gasteiger partial charge in [-0.1, -0.05) is 12.1 Å². The number of anilines is 1. The van der Waals surface area contributed by atoms with Crippen molar-refractivity contribution in [3.63, 3.8) is 0 Å². The number of hydrogen-bond acceptors (Lipinski definition) is 3. The van der Waals surface area contributed by atoms with Crippen molar-refractivity contribution in [2.24, 2.45) is 0 Å². The Hall–Kier alpha value is -3.34. The third-order valence-electron chi connectivity index (χ3n) is 5.00. The highest BCUT2D eigenvalue weighted by Gasteiger charge is 2.17. The van der Waals surface area contributed by atoms with Gasteiger partial charge in [0.2, 0.25) is 11.7 Å². The van der Waals surface area contributed by atoms with Crippen LogP contribution in [0.4, 0.5) is 5.69 Å². The van der Waals surface area contributed by atoms with E-state index < -0.39 is 0 Å². The number of rotatable bonds is 6. The Bertz CT molecular complexity index is 1080. The molecular formula is C24H26N2O3. The molecule has 5 nitrogen and oxygen atoms in total. The summed E-state index contributed by atoms with van der Waals surface area (Å²) >= 11 is 0. The van der Waals surface area contributed by atoms with Crippen LogP contribution in [0.5, 0.6) is 5.75 Å². The van der Waals surface area contributed by atoms with Gasteiger partial charge in [0.25, 0.3) is 0 Å². The fourth-order valence-electron chi connectivity index (χ4n) is 3.40. The first kappa shape index (κ1) is 20.4. The summed E-state index contributed by atoms with van der Waals surface area (Å²) in [6.07, 6.45) is 0. The lowest BCUT2D eigenvalue weighted by Gasteiger charge is -2.12. The molecule has 5 heteroatoms. The van der Waals surface area contributed by atoms with Crippen LogP contribution in [-0.2, 0) is 4.79 Å². The largest absolute Gasteiger partial charge is 0.485 e. The summed E-state index contributed by atoms with van der Waals surface area (Å²) in [5.41, 5.74) is 6.68. The fraction of sp³-hybridized carbons (Fsp3) is 0.250. The predicted octanol–water partition coefficient (Wildman–Crippen LogP) is 4.93. The summed E-state index contributed by atoms with van der Waals surface area (Å²) in [4.78, 5) is 24.0. The maximum Gasteiger partial charge on any atom is 0.221 e. The molecule has 29 heavy (non-hydrogen) atoms. The molecule has 0 fully saturated rings. The minimum absolute atomic E-state index is 0.0687. The first-order valence-corrected chi connectivity index (χ1v) is 9.56. The van der Waals surface area contributed by atoms with Gasteiger partial charge in [-0.05, 0) is 69.2 Å². The summed E-state index contributed by atoms with van der Waals surface area (Å²) in [7, 11) is 0. The van der Waals surface area contributed by atoms with Crippen LogP contribution in [0.3, 0.4) is 0 Å². The highest BCUT2D eigenvalue weighted by atomic mass is 16.5. The van der Waals surface area contributed by atoms with E-state index in [1.807, 2.05) is 19.9 Å². The number of benzene rings is 2. The molecule has 2 aromatic carbocycles. The van der Waals surface area contributed by atoms with E-state index >= 15 is 0 Å². The van der Waals surface area contributed by atoms with Crippen molar-refractivity contribution in [3.8, 4) is 11.4 Å². The van der Waals surface area contributed by atoms with Crippen LogP contribution in [0.2, 0.25) is 0 Å². The van der Waals surface area contributed by atoms with E-state index in [1.54, 1.807) is 24.3 Å². The third kappa shape index (κ3) is 4.57. The van der Waals surface area contributed by atoms with Gasteiger partial charge in [0, 0.05) is 41.3 Å². The van der Waals surface area contributed by atoms with Crippen molar-refractivity contribution < 1.29 is 14.3 Å². The maximum atomic E-state index is 12.8. The standard InChI is InChI=1S/C24H26N2O3/c1-15-9-10-21(11-16(15)2)26-17(3)12-23(18(26)4)24(28)14-29-22-8-6-7-20(13-22)25-19(5)27/h6-13H,14H2,1-5H3,(H,25,27). The molecule has 0 bridgehead atoms. The average Bonchev–Trinajstić information content (AvgIpc) is 2.96. The van der Waals surface area contributed by atoms with Crippen LogP contribution >= 0.6 is 0 Å². The first-order chi connectivity index (χ1) is 13.8. The van der Waals surface area contributed by atoms with E-state index in [2.05, 4.69) is 41.9 Å². The Labute approximate surface area is 171 Å². The fourth-order valence-corrected chi connectivity index (χ4v) is 3.40. The molecule has 0 saturated carbocycles. The number of ketones is 1. The monoisotopic (exact) mass is 390 g/mol. The number of hydrogen-bond donors (Lipinski definition) is 1. The van der Waals surface area contributed by atoms with Crippen LogP contribution in [0, 0.1) is 27.7 Å². The Morgan fingerprint density at radius 3 is 2.41 bits per heavy atom. The number of Topliss-reactive ketones (excluding diaryl/α,β-unsaturated/α-hetero) is 1. The van der Waals surface area contributed by atoms with E-state index in [0.717, 1.165) is 17.1 Å². The second-order valence-electron chi connectivity index (χ2n) is 7.31. The topological polar surface area (TPSA) is 60.3 Å². The van der Waals surface area contributed by atoms with Crippen molar-refractivity contribution >= 4 is 17.4 Å². The zero-order valence-corrected chi connectivity index (χ0v) is 17.5. The maximum absolute atomic E-state index is 12.8. The van der Waals surface area contributed by atoms with Crippen LogP contribution in [0.25, 0.3) is 5.69 Å². The number of amides is 1. The number of aryl methyl sites for hydroxylation is 3. The Balaban J connectivity index is 1.78. The molecule has 1 heterocycles. The normalized spacial score (nSPS) is 10.7. The lowest BCUT2D eigenvalue weighted by atomic mass is 10.1. The summed E-state index contributed by atoms with van der Waals surface area (Å²) in [6.45, 7) is 9.50. The van der Waals surface area contributed by atoms with Gasteiger partial charge in [-0.3, -0.25) is 9.59 Å². The number of carbonyl (C=O) groups excluding carboxylic acids is 2. The highest BCUT2D eigenvalue weighted by molar-refractivity contribution is 5.99. The molecule has 3 aromatic rings. The van der Waals surface area contributed by atoms with Gasteiger partial charge in [0.15, 0.2) is 6.61 Å². The zero-order chi connectivity index (χ0) is 21.1. The number of carbonyl (C=O) groups is 2. The molecular weight excluding hydrogens is 364 g/mol. The molecule has 150 valence electrons. The van der Waals surface area contributed by atoms with Gasteiger partial charge in [0.1, 0.15) is 5.75 Å². The van der Waals surface area contributed by atoms with E-state index in [0.29, 0.717) is 17.0 Å². The molecule has 0 aliphatic rings. The van der Waals surface area contributed by atoms with Crippen molar-refractivity contribution in [2.75, 3.05) is 11.9 Å². The lowest BCUT2D eigenvalue weighted by molar-refractivity contribution is -0.114. The zero-order valence-electron chi connectivity index (χ0n) is 17.5. The van der Waals surface area contributed by atoms with Crippen LogP contribution in [-0.4, -0.2) is 22.9 Å². The Morgan fingerprint density at radius 2 is 1.72 bits per heavy atom. The van der Waals surface area contributed by atoms with Crippen molar-refractivity contribution in [3.05, 3.63) is 76.6 Å².